The minimum Gasteiger partial charge on any atom is -0.481 e. The highest BCUT2D eigenvalue weighted by Gasteiger charge is 2.21. The van der Waals surface area contributed by atoms with E-state index in [2.05, 4.69) is 26.0 Å². The van der Waals surface area contributed by atoms with Crippen LogP contribution in [-0.4, -0.2) is 20.8 Å². The molecule has 12 heteroatoms. The van der Waals surface area contributed by atoms with Crippen LogP contribution in [0, 0.1) is 10.1 Å². The third-order valence-electron chi connectivity index (χ3n) is 5.15. The van der Waals surface area contributed by atoms with Crippen LogP contribution < -0.4 is 10.3 Å². The van der Waals surface area contributed by atoms with Crippen molar-refractivity contribution < 1.29 is 9.66 Å². The molecule has 0 N–H and O–H groups in total. The van der Waals surface area contributed by atoms with E-state index in [1.54, 1.807) is 36.4 Å². The maximum Gasteiger partial charge on any atom is 0.313 e. The minimum absolute atomic E-state index is 0.0783. The number of ether oxygens (including phenoxy) is 1. The van der Waals surface area contributed by atoms with Gasteiger partial charge in [0.05, 0.1) is 22.0 Å². The lowest BCUT2D eigenvalue weighted by molar-refractivity contribution is -0.385. The Morgan fingerprint density at radius 2 is 1.92 bits per heavy atom. The van der Waals surface area contributed by atoms with Gasteiger partial charge in [-0.25, -0.2) is 4.98 Å². The SMILES string of the molecule is CCc1nc2ccc(Br)cc2c(=O)n1N=Cc1cc(Cl)cc([N+](=O)[O-])c1OCc1ccc(Cl)cc1Cl. The van der Waals surface area contributed by atoms with Gasteiger partial charge in [0.2, 0.25) is 5.75 Å². The maximum absolute atomic E-state index is 13.2. The van der Waals surface area contributed by atoms with Gasteiger partial charge in [0.1, 0.15) is 12.4 Å². The van der Waals surface area contributed by atoms with Gasteiger partial charge in [0.15, 0.2) is 0 Å². The first-order valence-electron chi connectivity index (χ1n) is 10.5. The first-order chi connectivity index (χ1) is 17.2. The summed E-state index contributed by atoms with van der Waals surface area (Å²) in [6.07, 6.45) is 1.70. The Labute approximate surface area is 228 Å². The maximum atomic E-state index is 13.2. The molecule has 0 unspecified atom stereocenters. The molecule has 0 aliphatic carbocycles. The van der Waals surface area contributed by atoms with E-state index in [4.69, 9.17) is 39.5 Å². The number of aryl methyl sites for hydroxylation is 1. The molecule has 0 amide bonds. The molecule has 0 saturated carbocycles. The molecule has 0 aliphatic heterocycles. The van der Waals surface area contributed by atoms with Gasteiger partial charge < -0.3 is 4.74 Å². The summed E-state index contributed by atoms with van der Waals surface area (Å²) < 4.78 is 7.70. The molecule has 0 bridgehead atoms. The van der Waals surface area contributed by atoms with Gasteiger partial charge in [-0.2, -0.15) is 9.78 Å². The molecule has 36 heavy (non-hydrogen) atoms. The Morgan fingerprint density at radius 3 is 2.61 bits per heavy atom. The summed E-state index contributed by atoms with van der Waals surface area (Å²) in [6.45, 7) is 1.76. The first kappa shape index (κ1) is 26.1. The van der Waals surface area contributed by atoms with Crippen LogP contribution in [0.3, 0.4) is 0 Å². The fraction of sp³-hybridized carbons (Fsp3) is 0.125. The van der Waals surface area contributed by atoms with Crippen LogP contribution in [-0.2, 0) is 13.0 Å². The molecule has 184 valence electrons. The zero-order chi connectivity index (χ0) is 26.0. The van der Waals surface area contributed by atoms with Gasteiger partial charge in [-0.1, -0.05) is 63.7 Å². The summed E-state index contributed by atoms with van der Waals surface area (Å²) in [5.41, 5.74) is 0.553. The van der Waals surface area contributed by atoms with Crippen molar-refractivity contribution in [2.24, 2.45) is 5.10 Å². The first-order valence-corrected chi connectivity index (χ1v) is 12.4. The fourth-order valence-electron chi connectivity index (χ4n) is 3.44. The normalized spacial score (nSPS) is 11.4. The molecule has 4 aromatic rings. The lowest BCUT2D eigenvalue weighted by atomic mass is 10.1. The highest BCUT2D eigenvalue weighted by atomic mass is 79.9. The van der Waals surface area contributed by atoms with E-state index in [0.717, 1.165) is 9.15 Å². The van der Waals surface area contributed by atoms with Gasteiger partial charge in [0.25, 0.3) is 5.56 Å². The number of benzene rings is 3. The summed E-state index contributed by atoms with van der Waals surface area (Å²) in [5, 5.41) is 17.3. The van der Waals surface area contributed by atoms with Crippen molar-refractivity contribution in [3.05, 3.63) is 105 Å². The number of nitrogens with zero attached hydrogens (tertiary/aromatic N) is 4. The molecule has 0 saturated heterocycles. The second-order valence-electron chi connectivity index (χ2n) is 7.53. The molecule has 0 fully saturated rings. The molecular formula is C24H16BrCl3N4O4. The summed E-state index contributed by atoms with van der Waals surface area (Å²) in [7, 11) is 0. The lowest BCUT2D eigenvalue weighted by Crippen LogP contribution is -2.22. The zero-order valence-electron chi connectivity index (χ0n) is 18.5. The van der Waals surface area contributed by atoms with E-state index >= 15 is 0 Å². The van der Waals surface area contributed by atoms with E-state index in [1.165, 1.54) is 18.3 Å². The van der Waals surface area contributed by atoms with Gasteiger partial charge in [-0.05, 0) is 36.4 Å². The number of hydrogen-bond acceptors (Lipinski definition) is 6. The number of rotatable bonds is 7. The number of halogens is 4. The Kier molecular flexibility index (Phi) is 7.94. The standard InChI is InChI=1S/C24H16BrCl3N4O4/c1-2-22-30-20-6-4-15(25)8-18(20)24(33)31(22)29-11-14-7-17(27)10-21(32(34)35)23(14)36-12-13-3-5-16(26)9-19(13)28/h3-11H,2,12H2,1H3. The molecule has 1 aromatic heterocycles. The van der Waals surface area contributed by atoms with Crippen LogP contribution in [0.1, 0.15) is 23.9 Å². The second-order valence-corrected chi connectivity index (χ2v) is 9.73. The summed E-state index contributed by atoms with van der Waals surface area (Å²) in [5.74, 6) is 0.333. The Morgan fingerprint density at radius 1 is 1.14 bits per heavy atom. The molecule has 0 aliphatic rings. The molecule has 0 radical (unpaired) electrons. The van der Waals surface area contributed by atoms with Crippen molar-refractivity contribution in [2.45, 2.75) is 20.0 Å². The molecular weight excluding hydrogens is 595 g/mol. The largest absolute Gasteiger partial charge is 0.481 e. The number of nitro benzene ring substituents is 1. The van der Waals surface area contributed by atoms with Crippen LogP contribution in [0.5, 0.6) is 5.75 Å². The van der Waals surface area contributed by atoms with Gasteiger partial charge in [-0.3, -0.25) is 14.9 Å². The highest BCUT2D eigenvalue weighted by molar-refractivity contribution is 9.10. The number of fused-ring (bicyclic) bond motifs is 1. The molecule has 0 spiro atoms. The third kappa shape index (κ3) is 5.54. The smallest absolute Gasteiger partial charge is 0.313 e. The Hall–Kier alpha value is -2.98. The molecule has 4 rings (SSSR count). The van der Waals surface area contributed by atoms with Crippen molar-refractivity contribution in [1.82, 2.24) is 9.66 Å². The predicted octanol–water partition coefficient (Wildman–Crippen LogP) is 7.05. The van der Waals surface area contributed by atoms with Crippen molar-refractivity contribution in [3.63, 3.8) is 0 Å². The van der Waals surface area contributed by atoms with E-state index < -0.39 is 4.92 Å². The minimum atomic E-state index is -0.610. The summed E-state index contributed by atoms with van der Waals surface area (Å²) >= 11 is 21.7. The van der Waals surface area contributed by atoms with Crippen molar-refractivity contribution in [1.29, 1.82) is 0 Å². The van der Waals surface area contributed by atoms with Crippen LogP contribution >= 0.6 is 50.7 Å². The summed E-state index contributed by atoms with van der Waals surface area (Å²) in [6, 6.07) is 12.7. The molecule has 8 nitrogen and oxygen atoms in total. The topological polar surface area (TPSA) is 99.6 Å². The van der Waals surface area contributed by atoms with Gasteiger partial charge in [0, 0.05) is 43.2 Å². The van der Waals surface area contributed by atoms with E-state index in [9.17, 15) is 14.9 Å². The average molecular weight is 611 g/mol. The predicted molar refractivity (Wildman–Crippen MR) is 145 cm³/mol. The quantitative estimate of drug-likeness (QED) is 0.127. The Balaban J connectivity index is 1.80. The van der Waals surface area contributed by atoms with Crippen molar-refractivity contribution in [3.8, 4) is 5.75 Å². The van der Waals surface area contributed by atoms with E-state index in [1.807, 2.05) is 6.92 Å². The molecule has 0 atom stereocenters. The Bertz CT molecular complexity index is 1590. The van der Waals surface area contributed by atoms with Crippen LogP contribution in [0.25, 0.3) is 10.9 Å². The average Bonchev–Trinajstić information content (AvgIpc) is 2.83. The van der Waals surface area contributed by atoms with Crippen molar-refractivity contribution >= 4 is 73.5 Å². The van der Waals surface area contributed by atoms with Gasteiger partial charge in [-0.15, -0.1) is 0 Å². The highest BCUT2D eigenvalue weighted by Crippen LogP contribution is 2.35. The van der Waals surface area contributed by atoms with E-state index in [-0.39, 0.29) is 34.2 Å². The van der Waals surface area contributed by atoms with Crippen LogP contribution in [0.15, 0.2) is 62.9 Å². The van der Waals surface area contributed by atoms with E-state index in [0.29, 0.717) is 38.8 Å². The number of aromatic nitrogens is 2. The number of hydrogen-bond donors (Lipinski definition) is 0. The summed E-state index contributed by atoms with van der Waals surface area (Å²) in [4.78, 5) is 28.9. The van der Waals surface area contributed by atoms with Crippen molar-refractivity contribution in [2.75, 3.05) is 0 Å². The van der Waals surface area contributed by atoms with Crippen LogP contribution in [0.4, 0.5) is 5.69 Å². The monoisotopic (exact) mass is 608 g/mol. The molecule has 3 aromatic carbocycles. The van der Waals surface area contributed by atoms with Crippen LogP contribution in [0.2, 0.25) is 15.1 Å². The van der Waals surface area contributed by atoms with Gasteiger partial charge >= 0.3 is 5.69 Å². The zero-order valence-corrected chi connectivity index (χ0v) is 22.4. The fourth-order valence-corrected chi connectivity index (χ4v) is 4.48. The molecule has 1 heterocycles. The number of nitro groups is 1. The lowest BCUT2D eigenvalue weighted by Gasteiger charge is -2.12. The third-order valence-corrected chi connectivity index (χ3v) is 6.45. The second kappa shape index (κ2) is 11.0.